The van der Waals surface area contributed by atoms with Crippen molar-refractivity contribution >= 4 is 17.1 Å². The second-order valence-electron chi connectivity index (χ2n) is 4.32. The first-order chi connectivity index (χ1) is 8.15. The largest absolute Gasteiger partial charge is 0.351 e. The molecule has 1 unspecified atom stereocenters. The second-order valence-corrected chi connectivity index (χ2v) is 4.32. The van der Waals surface area contributed by atoms with Crippen LogP contribution in [0.25, 0.3) is 11.0 Å². The first-order valence-corrected chi connectivity index (χ1v) is 5.92. The van der Waals surface area contributed by atoms with Crippen molar-refractivity contribution in [1.29, 1.82) is 0 Å². The summed E-state index contributed by atoms with van der Waals surface area (Å²) in [5.74, 6) is 1.00. The highest BCUT2D eigenvalue weighted by Crippen LogP contribution is 2.24. The number of carbonyl (C=O) groups is 1. The van der Waals surface area contributed by atoms with Crippen LogP contribution < -0.4 is 5.73 Å². The molecule has 0 bridgehead atoms. The first kappa shape index (κ1) is 11.6. The van der Waals surface area contributed by atoms with Gasteiger partial charge in [0.15, 0.2) is 0 Å². The van der Waals surface area contributed by atoms with Crippen LogP contribution in [0.3, 0.4) is 0 Å². The maximum Gasteiger partial charge on any atom is 0.324 e. The van der Waals surface area contributed by atoms with E-state index in [-0.39, 0.29) is 5.92 Å². The van der Waals surface area contributed by atoms with Gasteiger partial charge < -0.3 is 5.73 Å². The Morgan fingerprint density at radius 3 is 2.82 bits per heavy atom. The van der Waals surface area contributed by atoms with E-state index in [2.05, 4.69) is 18.8 Å². The summed E-state index contributed by atoms with van der Waals surface area (Å²) in [5, 5.41) is 0. The van der Waals surface area contributed by atoms with E-state index in [1.165, 1.54) is 4.57 Å². The Kier molecular flexibility index (Phi) is 3.13. The van der Waals surface area contributed by atoms with Crippen molar-refractivity contribution in [3.63, 3.8) is 0 Å². The molecule has 0 radical (unpaired) electrons. The molecule has 1 amide bonds. The van der Waals surface area contributed by atoms with Crippen molar-refractivity contribution in [2.24, 2.45) is 5.73 Å². The van der Waals surface area contributed by atoms with E-state index in [0.717, 1.165) is 29.7 Å². The third-order valence-corrected chi connectivity index (χ3v) is 2.97. The number of rotatable bonds is 3. The van der Waals surface area contributed by atoms with Crippen molar-refractivity contribution in [3.8, 4) is 0 Å². The molecule has 2 N–H and O–H groups in total. The number of carbonyl (C=O) groups excluding carboxylic acids is 1. The zero-order valence-corrected chi connectivity index (χ0v) is 10.2. The number of fused-ring (bicyclic) bond motifs is 1. The zero-order valence-electron chi connectivity index (χ0n) is 10.2. The van der Waals surface area contributed by atoms with Gasteiger partial charge in [0.2, 0.25) is 0 Å². The van der Waals surface area contributed by atoms with Crippen LogP contribution in [0.5, 0.6) is 0 Å². The van der Waals surface area contributed by atoms with E-state index in [0.29, 0.717) is 0 Å². The number of imidazole rings is 1. The summed E-state index contributed by atoms with van der Waals surface area (Å²) < 4.78 is 1.52. The molecular formula is C13H17N3O. The van der Waals surface area contributed by atoms with Gasteiger partial charge in [0, 0.05) is 5.92 Å². The van der Waals surface area contributed by atoms with Crippen LogP contribution in [-0.4, -0.2) is 15.6 Å². The molecule has 90 valence electrons. The number of para-hydroxylation sites is 2. The summed E-state index contributed by atoms with van der Waals surface area (Å²) in [5.41, 5.74) is 7.06. The maximum atomic E-state index is 11.6. The number of benzene rings is 1. The van der Waals surface area contributed by atoms with Crippen LogP contribution in [0, 0.1) is 0 Å². The predicted octanol–water partition coefficient (Wildman–Crippen LogP) is 2.87. The van der Waals surface area contributed by atoms with Crippen LogP contribution in [0.15, 0.2) is 24.3 Å². The average Bonchev–Trinajstić information content (AvgIpc) is 2.68. The minimum Gasteiger partial charge on any atom is -0.351 e. The molecule has 17 heavy (non-hydrogen) atoms. The van der Waals surface area contributed by atoms with Crippen molar-refractivity contribution in [1.82, 2.24) is 9.55 Å². The lowest BCUT2D eigenvalue weighted by Gasteiger charge is -2.10. The van der Waals surface area contributed by atoms with Gasteiger partial charge in [-0.3, -0.25) is 0 Å². The molecule has 0 saturated carbocycles. The molecule has 1 heterocycles. The highest BCUT2D eigenvalue weighted by Gasteiger charge is 2.18. The summed E-state index contributed by atoms with van der Waals surface area (Å²) >= 11 is 0. The first-order valence-electron chi connectivity index (χ1n) is 5.92. The Morgan fingerprint density at radius 2 is 2.18 bits per heavy atom. The molecule has 0 spiro atoms. The summed E-state index contributed by atoms with van der Waals surface area (Å²) in [6.07, 6.45) is 2.06. The third kappa shape index (κ3) is 2.02. The fourth-order valence-corrected chi connectivity index (χ4v) is 2.17. The SMILES string of the molecule is CCCC(C)c1nc2ccccc2n1C(N)=O. The lowest BCUT2D eigenvalue weighted by atomic mass is 10.1. The smallest absolute Gasteiger partial charge is 0.324 e. The number of amides is 1. The fourth-order valence-electron chi connectivity index (χ4n) is 2.17. The molecule has 1 aromatic heterocycles. The number of hydrogen-bond acceptors (Lipinski definition) is 2. The molecule has 1 atom stereocenters. The number of aromatic nitrogens is 2. The molecular weight excluding hydrogens is 214 g/mol. The van der Waals surface area contributed by atoms with Gasteiger partial charge in [-0.2, -0.15) is 0 Å². The Bertz CT molecular complexity index is 545. The van der Waals surface area contributed by atoms with Crippen LogP contribution in [0.1, 0.15) is 38.4 Å². The molecule has 0 aliphatic carbocycles. The van der Waals surface area contributed by atoms with E-state index in [9.17, 15) is 4.79 Å². The van der Waals surface area contributed by atoms with Crippen molar-refractivity contribution in [2.45, 2.75) is 32.6 Å². The van der Waals surface area contributed by atoms with E-state index in [1.807, 2.05) is 24.3 Å². The normalized spacial score (nSPS) is 12.8. The number of nitrogens with two attached hydrogens (primary N) is 1. The van der Waals surface area contributed by atoms with E-state index >= 15 is 0 Å². The topological polar surface area (TPSA) is 60.9 Å². The summed E-state index contributed by atoms with van der Waals surface area (Å²) in [4.78, 5) is 16.1. The van der Waals surface area contributed by atoms with Crippen molar-refractivity contribution < 1.29 is 4.79 Å². The molecule has 4 nitrogen and oxygen atoms in total. The number of hydrogen-bond donors (Lipinski definition) is 1. The highest BCUT2D eigenvalue weighted by molar-refractivity contribution is 5.89. The van der Waals surface area contributed by atoms with Gasteiger partial charge in [0.25, 0.3) is 0 Å². The Hall–Kier alpha value is -1.84. The van der Waals surface area contributed by atoms with Crippen molar-refractivity contribution in [2.75, 3.05) is 0 Å². The van der Waals surface area contributed by atoms with E-state index in [4.69, 9.17) is 5.73 Å². The van der Waals surface area contributed by atoms with Gasteiger partial charge in [0.1, 0.15) is 5.82 Å². The zero-order chi connectivity index (χ0) is 12.4. The van der Waals surface area contributed by atoms with Crippen LogP contribution >= 0.6 is 0 Å². The molecule has 1 aromatic carbocycles. The molecule has 0 fully saturated rings. The average molecular weight is 231 g/mol. The van der Waals surface area contributed by atoms with Crippen LogP contribution in [0.4, 0.5) is 4.79 Å². The standard InChI is InChI=1S/C13H17N3O/c1-3-6-9(2)12-15-10-7-4-5-8-11(10)16(12)13(14)17/h4-5,7-9H,3,6H2,1-2H3,(H2,14,17). The van der Waals surface area contributed by atoms with E-state index in [1.54, 1.807) is 0 Å². The minimum atomic E-state index is -0.461. The van der Waals surface area contributed by atoms with Crippen molar-refractivity contribution in [3.05, 3.63) is 30.1 Å². The van der Waals surface area contributed by atoms with Crippen LogP contribution in [-0.2, 0) is 0 Å². The Balaban J connectivity index is 2.61. The monoisotopic (exact) mass is 231 g/mol. The van der Waals surface area contributed by atoms with Gasteiger partial charge in [-0.25, -0.2) is 14.3 Å². The quantitative estimate of drug-likeness (QED) is 0.882. The number of nitrogens with zero attached hydrogens (tertiary/aromatic N) is 2. The Morgan fingerprint density at radius 1 is 1.47 bits per heavy atom. The molecule has 0 saturated heterocycles. The van der Waals surface area contributed by atoms with Gasteiger partial charge >= 0.3 is 6.03 Å². The molecule has 4 heteroatoms. The van der Waals surface area contributed by atoms with Gasteiger partial charge in [-0.15, -0.1) is 0 Å². The fraction of sp³-hybridized carbons (Fsp3) is 0.385. The minimum absolute atomic E-state index is 0.236. The van der Waals surface area contributed by atoms with Gasteiger partial charge in [0.05, 0.1) is 11.0 Å². The summed E-state index contributed by atoms with van der Waals surface area (Å²) in [7, 11) is 0. The highest BCUT2D eigenvalue weighted by atomic mass is 16.2. The Labute approximate surface area is 100 Å². The molecule has 0 aliphatic heterocycles. The lowest BCUT2D eigenvalue weighted by molar-refractivity contribution is 0.250. The molecule has 0 aliphatic rings. The van der Waals surface area contributed by atoms with Crippen LogP contribution in [0.2, 0.25) is 0 Å². The number of primary amides is 1. The van der Waals surface area contributed by atoms with Gasteiger partial charge in [-0.05, 0) is 18.6 Å². The maximum absolute atomic E-state index is 11.6. The molecule has 2 rings (SSSR count). The summed E-state index contributed by atoms with van der Waals surface area (Å²) in [6.45, 7) is 4.19. The van der Waals surface area contributed by atoms with E-state index < -0.39 is 6.03 Å². The predicted molar refractivity (Wildman–Crippen MR) is 68.0 cm³/mol. The second kappa shape index (κ2) is 4.57. The van der Waals surface area contributed by atoms with Gasteiger partial charge in [-0.1, -0.05) is 32.4 Å². The summed E-state index contributed by atoms with van der Waals surface area (Å²) in [6, 6.07) is 7.11. The lowest BCUT2D eigenvalue weighted by Crippen LogP contribution is -2.22. The molecule has 2 aromatic rings. The third-order valence-electron chi connectivity index (χ3n) is 2.97.